The molecule has 2 aromatic rings. The molecule has 2 rings (SSSR count). The molecule has 0 saturated carbocycles. The molecule has 3 heteroatoms. The molecule has 0 amide bonds. The van der Waals surface area contributed by atoms with Gasteiger partial charge in [-0.15, -0.1) is 0 Å². The molecular formula is C19H27N3. The maximum atomic E-state index is 9.14. The van der Waals surface area contributed by atoms with E-state index < -0.39 is 5.54 Å². The lowest BCUT2D eigenvalue weighted by atomic mass is 10.0. The molecule has 22 heavy (non-hydrogen) atoms. The summed E-state index contributed by atoms with van der Waals surface area (Å²) in [5, 5.41) is 13.4. The van der Waals surface area contributed by atoms with E-state index in [9.17, 15) is 0 Å². The van der Waals surface area contributed by atoms with Crippen molar-refractivity contribution in [2.24, 2.45) is 0 Å². The van der Waals surface area contributed by atoms with Gasteiger partial charge in [-0.1, -0.05) is 51.5 Å². The molecule has 0 aliphatic heterocycles. The normalized spacial score (nSPS) is 10.5. The number of hydrogen-bond acceptors (Lipinski definition) is 2. The second-order valence-corrected chi connectivity index (χ2v) is 5.64. The highest BCUT2D eigenvalue weighted by Gasteiger charge is 2.20. The number of unbranched alkanes of at least 4 members (excludes halogenated alkanes) is 1. The Morgan fingerprint density at radius 2 is 1.77 bits per heavy atom. The van der Waals surface area contributed by atoms with Crippen molar-refractivity contribution in [1.82, 2.24) is 9.78 Å². The zero-order valence-electron chi connectivity index (χ0n) is 14.4. The summed E-state index contributed by atoms with van der Waals surface area (Å²) in [6, 6.07) is 10.9. The van der Waals surface area contributed by atoms with E-state index >= 15 is 0 Å². The third-order valence-electron chi connectivity index (χ3n) is 3.54. The van der Waals surface area contributed by atoms with Gasteiger partial charge < -0.3 is 0 Å². The van der Waals surface area contributed by atoms with Gasteiger partial charge in [0.25, 0.3) is 0 Å². The Labute approximate surface area is 134 Å². The van der Waals surface area contributed by atoms with Crippen LogP contribution in [0.15, 0.2) is 36.7 Å². The molecule has 0 aliphatic carbocycles. The van der Waals surface area contributed by atoms with Crippen LogP contribution in [0.5, 0.6) is 0 Å². The molecule has 1 heterocycles. The third-order valence-corrected chi connectivity index (χ3v) is 3.54. The fraction of sp³-hybridized carbons (Fsp3) is 0.474. The van der Waals surface area contributed by atoms with Crippen LogP contribution in [0.25, 0.3) is 11.1 Å². The SMILES string of the molecule is CC.CCCCc1ccc(-c2cnn(C(C)(C)C#N)c2)cc1. The van der Waals surface area contributed by atoms with E-state index in [4.69, 9.17) is 5.26 Å². The van der Waals surface area contributed by atoms with Crippen LogP contribution in [0, 0.1) is 11.3 Å². The van der Waals surface area contributed by atoms with Gasteiger partial charge in [0.05, 0.1) is 12.3 Å². The predicted octanol–water partition coefficient (Wildman–Crippen LogP) is 5.18. The number of hydrogen-bond donors (Lipinski definition) is 0. The number of nitrogens with zero attached hydrogens (tertiary/aromatic N) is 3. The first-order chi connectivity index (χ1) is 10.6. The Morgan fingerprint density at radius 1 is 1.14 bits per heavy atom. The fourth-order valence-electron chi connectivity index (χ4n) is 2.07. The molecule has 0 saturated heterocycles. The van der Waals surface area contributed by atoms with Gasteiger partial charge in [-0.05, 0) is 37.8 Å². The van der Waals surface area contributed by atoms with E-state index in [-0.39, 0.29) is 0 Å². The smallest absolute Gasteiger partial charge is 0.143 e. The zero-order valence-corrected chi connectivity index (χ0v) is 14.4. The third kappa shape index (κ3) is 4.46. The van der Waals surface area contributed by atoms with Crippen LogP contribution in [-0.4, -0.2) is 9.78 Å². The highest BCUT2D eigenvalue weighted by molar-refractivity contribution is 5.62. The van der Waals surface area contributed by atoms with Crippen molar-refractivity contribution in [3.05, 3.63) is 42.2 Å². The quantitative estimate of drug-likeness (QED) is 0.763. The highest BCUT2D eigenvalue weighted by atomic mass is 15.3. The average molecular weight is 297 g/mol. The van der Waals surface area contributed by atoms with Crippen molar-refractivity contribution in [2.75, 3.05) is 0 Å². The number of rotatable bonds is 5. The van der Waals surface area contributed by atoms with Crippen LogP contribution < -0.4 is 0 Å². The molecule has 0 fully saturated rings. The van der Waals surface area contributed by atoms with Gasteiger partial charge in [0.15, 0.2) is 0 Å². The highest BCUT2D eigenvalue weighted by Crippen LogP contribution is 2.22. The van der Waals surface area contributed by atoms with Gasteiger partial charge in [0, 0.05) is 11.8 Å². The monoisotopic (exact) mass is 297 g/mol. The summed E-state index contributed by atoms with van der Waals surface area (Å²) in [5.41, 5.74) is 2.96. The number of aromatic nitrogens is 2. The molecule has 0 unspecified atom stereocenters. The first-order valence-corrected chi connectivity index (χ1v) is 8.12. The minimum Gasteiger partial charge on any atom is -0.252 e. The van der Waals surface area contributed by atoms with E-state index in [0.717, 1.165) is 17.5 Å². The van der Waals surface area contributed by atoms with Crippen molar-refractivity contribution in [2.45, 2.75) is 59.4 Å². The molecule has 3 nitrogen and oxygen atoms in total. The van der Waals surface area contributed by atoms with Crippen LogP contribution in [0.2, 0.25) is 0 Å². The van der Waals surface area contributed by atoms with Gasteiger partial charge in [-0.3, -0.25) is 4.68 Å². The molecule has 0 N–H and O–H groups in total. The van der Waals surface area contributed by atoms with E-state index in [0.29, 0.717) is 0 Å². The van der Waals surface area contributed by atoms with Crippen molar-refractivity contribution in [3.8, 4) is 17.2 Å². The van der Waals surface area contributed by atoms with Crippen LogP contribution in [0.1, 0.15) is 53.0 Å². The van der Waals surface area contributed by atoms with Gasteiger partial charge in [-0.25, -0.2) is 0 Å². The van der Waals surface area contributed by atoms with Gasteiger partial charge in [-0.2, -0.15) is 10.4 Å². The Hall–Kier alpha value is -2.08. The average Bonchev–Trinajstić information content (AvgIpc) is 3.06. The molecule has 0 radical (unpaired) electrons. The van der Waals surface area contributed by atoms with Crippen molar-refractivity contribution >= 4 is 0 Å². The molecule has 118 valence electrons. The largest absolute Gasteiger partial charge is 0.252 e. The standard InChI is InChI=1S/C17H21N3.C2H6/c1-4-5-6-14-7-9-15(10-8-14)16-11-19-20(12-16)17(2,3)13-18;1-2/h7-12H,4-6H2,1-3H3;1-2H3. The van der Waals surface area contributed by atoms with Crippen LogP contribution in [0.3, 0.4) is 0 Å². The Bertz CT molecular complexity index is 600. The van der Waals surface area contributed by atoms with Crippen molar-refractivity contribution in [1.29, 1.82) is 5.26 Å². The lowest BCUT2D eigenvalue weighted by molar-refractivity contribution is 0.419. The Morgan fingerprint density at radius 3 is 2.32 bits per heavy atom. The summed E-state index contributed by atoms with van der Waals surface area (Å²) in [4.78, 5) is 0. The summed E-state index contributed by atoms with van der Waals surface area (Å²) >= 11 is 0. The van der Waals surface area contributed by atoms with Crippen LogP contribution in [-0.2, 0) is 12.0 Å². The lowest BCUT2D eigenvalue weighted by Gasteiger charge is -2.15. The molecular weight excluding hydrogens is 270 g/mol. The first-order valence-electron chi connectivity index (χ1n) is 8.12. The summed E-state index contributed by atoms with van der Waals surface area (Å²) in [6.07, 6.45) is 7.34. The molecule has 0 atom stereocenters. The molecule has 1 aromatic carbocycles. The molecule has 0 bridgehead atoms. The zero-order chi connectivity index (χ0) is 16.6. The number of benzene rings is 1. The second-order valence-electron chi connectivity index (χ2n) is 5.64. The van der Waals surface area contributed by atoms with E-state index in [2.05, 4.69) is 42.4 Å². The summed E-state index contributed by atoms with van der Waals surface area (Å²) < 4.78 is 1.72. The first kappa shape index (κ1) is 18.0. The Balaban J connectivity index is 0.00000116. The summed E-state index contributed by atoms with van der Waals surface area (Å²) in [5.74, 6) is 0. The molecule has 1 aromatic heterocycles. The van der Waals surface area contributed by atoms with E-state index in [1.807, 2.05) is 40.1 Å². The van der Waals surface area contributed by atoms with E-state index in [1.165, 1.54) is 18.4 Å². The molecule has 0 aliphatic rings. The maximum absolute atomic E-state index is 9.14. The predicted molar refractivity (Wildman–Crippen MR) is 92.6 cm³/mol. The molecule has 0 spiro atoms. The van der Waals surface area contributed by atoms with Gasteiger partial charge in [0.1, 0.15) is 5.54 Å². The minimum atomic E-state index is -0.612. The second kappa shape index (κ2) is 8.38. The van der Waals surface area contributed by atoms with Gasteiger partial charge in [0.2, 0.25) is 0 Å². The summed E-state index contributed by atoms with van der Waals surface area (Å²) in [6.45, 7) is 9.93. The topological polar surface area (TPSA) is 41.6 Å². The minimum absolute atomic E-state index is 0.612. The van der Waals surface area contributed by atoms with Crippen molar-refractivity contribution in [3.63, 3.8) is 0 Å². The lowest BCUT2D eigenvalue weighted by Crippen LogP contribution is -2.24. The van der Waals surface area contributed by atoms with Crippen LogP contribution >= 0.6 is 0 Å². The Kier molecular flexibility index (Phi) is 6.85. The van der Waals surface area contributed by atoms with Crippen molar-refractivity contribution < 1.29 is 0 Å². The number of aryl methyl sites for hydroxylation is 1. The summed E-state index contributed by atoms with van der Waals surface area (Å²) in [7, 11) is 0. The van der Waals surface area contributed by atoms with Crippen LogP contribution in [0.4, 0.5) is 0 Å². The maximum Gasteiger partial charge on any atom is 0.143 e. The number of nitriles is 1. The fourth-order valence-corrected chi connectivity index (χ4v) is 2.07. The van der Waals surface area contributed by atoms with Gasteiger partial charge >= 0.3 is 0 Å². The van der Waals surface area contributed by atoms with E-state index in [1.54, 1.807) is 4.68 Å².